The van der Waals surface area contributed by atoms with Crippen molar-refractivity contribution in [3.05, 3.63) is 35.4 Å². The average Bonchev–Trinajstić information content (AvgIpc) is 2.39. The highest BCUT2D eigenvalue weighted by Gasteiger charge is 2.29. The summed E-state index contributed by atoms with van der Waals surface area (Å²) in [6.07, 6.45) is 1.47. The Morgan fingerprint density at radius 2 is 2.05 bits per heavy atom. The number of aliphatic hydroxyl groups is 1. The normalized spacial score (nSPS) is 13.5. The van der Waals surface area contributed by atoms with E-state index < -0.39 is 11.7 Å². The molecule has 0 saturated heterocycles. The maximum absolute atomic E-state index is 10.5. The minimum absolute atomic E-state index is 0.553. The molecule has 0 aliphatic carbocycles. The van der Waals surface area contributed by atoms with E-state index in [-0.39, 0.29) is 0 Å². The van der Waals surface area contributed by atoms with E-state index in [1.54, 1.807) is 7.11 Å². The van der Waals surface area contributed by atoms with Crippen LogP contribution in [0, 0.1) is 0 Å². The zero-order chi connectivity index (χ0) is 14.3. The summed E-state index contributed by atoms with van der Waals surface area (Å²) in [7, 11) is 1.67. The molecule has 3 nitrogen and oxygen atoms in total. The van der Waals surface area contributed by atoms with Gasteiger partial charge in [0.1, 0.15) is 6.10 Å². The minimum Gasteiger partial charge on any atom is -0.385 e. The summed E-state index contributed by atoms with van der Waals surface area (Å²) in [5, 5.41) is 10.5. The molecule has 0 spiro atoms. The molecule has 0 bridgehead atoms. The number of benzene rings is 1. The van der Waals surface area contributed by atoms with Crippen LogP contribution in [-0.4, -0.2) is 24.4 Å². The van der Waals surface area contributed by atoms with Gasteiger partial charge < -0.3 is 14.6 Å². The second kappa shape index (κ2) is 7.63. The molecular formula is C16H26O3. The zero-order valence-electron chi connectivity index (χ0n) is 12.5. The van der Waals surface area contributed by atoms with Gasteiger partial charge in [0, 0.05) is 13.7 Å². The zero-order valence-corrected chi connectivity index (χ0v) is 12.5. The van der Waals surface area contributed by atoms with Gasteiger partial charge in [-0.1, -0.05) is 37.6 Å². The van der Waals surface area contributed by atoms with Crippen molar-refractivity contribution in [2.45, 2.75) is 51.9 Å². The van der Waals surface area contributed by atoms with Gasteiger partial charge in [-0.05, 0) is 31.4 Å². The highest BCUT2D eigenvalue weighted by Crippen LogP contribution is 2.29. The molecule has 0 aliphatic heterocycles. The van der Waals surface area contributed by atoms with Crippen LogP contribution in [0.3, 0.4) is 0 Å². The van der Waals surface area contributed by atoms with Gasteiger partial charge in [-0.25, -0.2) is 0 Å². The molecular weight excluding hydrogens is 240 g/mol. The third-order valence-electron chi connectivity index (χ3n) is 3.21. The first kappa shape index (κ1) is 16.2. The molecule has 3 heteroatoms. The van der Waals surface area contributed by atoms with Gasteiger partial charge in [0.05, 0.1) is 12.2 Å². The van der Waals surface area contributed by atoms with Crippen LogP contribution in [0.1, 0.15) is 50.8 Å². The van der Waals surface area contributed by atoms with E-state index in [9.17, 15) is 5.11 Å². The van der Waals surface area contributed by atoms with Crippen molar-refractivity contribution >= 4 is 0 Å². The minimum atomic E-state index is -0.638. The molecule has 0 saturated carbocycles. The number of aliphatic hydroxyl groups excluding tert-OH is 1. The summed E-state index contributed by atoms with van der Waals surface area (Å²) in [6.45, 7) is 7.21. The first-order valence-electron chi connectivity index (χ1n) is 6.91. The predicted octanol–water partition coefficient (Wildman–Crippen LogP) is 3.46. The quantitative estimate of drug-likeness (QED) is 0.732. The van der Waals surface area contributed by atoms with Gasteiger partial charge >= 0.3 is 0 Å². The fourth-order valence-corrected chi connectivity index (χ4v) is 1.98. The molecule has 108 valence electrons. The largest absolute Gasteiger partial charge is 0.385 e. The molecule has 0 aliphatic rings. The van der Waals surface area contributed by atoms with Gasteiger partial charge in [0.2, 0.25) is 0 Å². The third-order valence-corrected chi connectivity index (χ3v) is 3.21. The number of hydrogen-bond donors (Lipinski definition) is 1. The molecule has 0 aromatic heterocycles. The Morgan fingerprint density at radius 1 is 1.32 bits per heavy atom. The standard InChI is InChI=1S/C16H26O3/c1-5-6-10-19-16(2,3)15(17)14-9-7-8-13(11-14)12-18-4/h7-9,11,15,17H,5-6,10,12H2,1-4H3. The van der Waals surface area contributed by atoms with Crippen LogP contribution >= 0.6 is 0 Å². The second-order valence-electron chi connectivity index (χ2n) is 5.39. The second-order valence-corrected chi connectivity index (χ2v) is 5.39. The Hall–Kier alpha value is -0.900. The lowest BCUT2D eigenvalue weighted by molar-refractivity contribution is -0.103. The molecule has 1 atom stereocenters. The molecule has 1 aromatic rings. The lowest BCUT2D eigenvalue weighted by Gasteiger charge is -2.31. The Kier molecular flexibility index (Phi) is 6.49. The van der Waals surface area contributed by atoms with Crippen molar-refractivity contribution in [2.24, 2.45) is 0 Å². The summed E-state index contributed by atoms with van der Waals surface area (Å²) in [6, 6.07) is 7.83. The van der Waals surface area contributed by atoms with E-state index in [2.05, 4.69) is 6.92 Å². The summed E-state index contributed by atoms with van der Waals surface area (Å²) in [5.41, 5.74) is 1.35. The Labute approximate surface area is 116 Å². The van der Waals surface area contributed by atoms with Crippen LogP contribution in [0.4, 0.5) is 0 Å². The summed E-state index contributed by atoms with van der Waals surface area (Å²) in [5.74, 6) is 0. The Morgan fingerprint density at radius 3 is 2.68 bits per heavy atom. The van der Waals surface area contributed by atoms with Crippen LogP contribution in [0.25, 0.3) is 0 Å². The van der Waals surface area contributed by atoms with Gasteiger partial charge in [-0.3, -0.25) is 0 Å². The molecule has 1 N–H and O–H groups in total. The summed E-state index contributed by atoms with van der Waals surface area (Å²) >= 11 is 0. The predicted molar refractivity (Wildman–Crippen MR) is 77.1 cm³/mol. The third kappa shape index (κ3) is 4.94. The lowest BCUT2D eigenvalue weighted by Crippen LogP contribution is -2.33. The summed E-state index contributed by atoms with van der Waals surface area (Å²) < 4.78 is 10.9. The van der Waals surface area contributed by atoms with Crippen LogP contribution in [0.15, 0.2) is 24.3 Å². The van der Waals surface area contributed by atoms with E-state index in [1.807, 2.05) is 38.1 Å². The van der Waals surface area contributed by atoms with Crippen molar-refractivity contribution in [2.75, 3.05) is 13.7 Å². The molecule has 0 fully saturated rings. The molecule has 1 unspecified atom stereocenters. The first-order chi connectivity index (χ1) is 9.01. The maximum atomic E-state index is 10.5. The number of ether oxygens (including phenoxy) is 2. The topological polar surface area (TPSA) is 38.7 Å². The molecule has 0 radical (unpaired) electrons. The monoisotopic (exact) mass is 266 g/mol. The van der Waals surface area contributed by atoms with Gasteiger partial charge in [-0.2, -0.15) is 0 Å². The van der Waals surface area contributed by atoms with E-state index in [0.29, 0.717) is 13.2 Å². The van der Waals surface area contributed by atoms with E-state index >= 15 is 0 Å². The Balaban J connectivity index is 2.74. The van der Waals surface area contributed by atoms with E-state index in [4.69, 9.17) is 9.47 Å². The number of rotatable bonds is 8. The van der Waals surface area contributed by atoms with Crippen molar-refractivity contribution in [1.82, 2.24) is 0 Å². The fourth-order valence-electron chi connectivity index (χ4n) is 1.98. The molecule has 0 heterocycles. The van der Waals surface area contributed by atoms with Gasteiger partial charge in [0.15, 0.2) is 0 Å². The average molecular weight is 266 g/mol. The lowest BCUT2D eigenvalue weighted by atomic mass is 9.93. The van der Waals surface area contributed by atoms with E-state index in [1.165, 1.54) is 0 Å². The van der Waals surface area contributed by atoms with Crippen LogP contribution in [0.5, 0.6) is 0 Å². The highest BCUT2D eigenvalue weighted by molar-refractivity contribution is 5.26. The van der Waals surface area contributed by atoms with Crippen LogP contribution < -0.4 is 0 Å². The maximum Gasteiger partial charge on any atom is 0.107 e. The SMILES string of the molecule is CCCCOC(C)(C)C(O)c1cccc(COC)c1. The van der Waals surface area contributed by atoms with Crippen molar-refractivity contribution in [3.63, 3.8) is 0 Å². The summed E-state index contributed by atoms with van der Waals surface area (Å²) in [4.78, 5) is 0. The van der Waals surface area contributed by atoms with Crippen molar-refractivity contribution in [1.29, 1.82) is 0 Å². The van der Waals surface area contributed by atoms with Crippen molar-refractivity contribution < 1.29 is 14.6 Å². The first-order valence-corrected chi connectivity index (χ1v) is 6.91. The Bertz CT molecular complexity index is 374. The molecule has 0 amide bonds. The highest BCUT2D eigenvalue weighted by atomic mass is 16.5. The molecule has 19 heavy (non-hydrogen) atoms. The van der Waals surface area contributed by atoms with Crippen LogP contribution in [0.2, 0.25) is 0 Å². The molecule has 1 rings (SSSR count). The van der Waals surface area contributed by atoms with Crippen molar-refractivity contribution in [3.8, 4) is 0 Å². The fraction of sp³-hybridized carbons (Fsp3) is 0.625. The molecule has 1 aromatic carbocycles. The van der Waals surface area contributed by atoms with Gasteiger partial charge in [-0.15, -0.1) is 0 Å². The number of unbranched alkanes of at least 4 members (excludes halogenated alkanes) is 1. The van der Waals surface area contributed by atoms with Crippen LogP contribution in [-0.2, 0) is 16.1 Å². The van der Waals surface area contributed by atoms with Gasteiger partial charge in [0.25, 0.3) is 0 Å². The smallest absolute Gasteiger partial charge is 0.107 e. The number of methoxy groups -OCH3 is 1. The number of hydrogen-bond acceptors (Lipinski definition) is 3. The van der Waals surface area contributed by atoms with E-state index in [0.717, 1.165) is 24.0 Å².